The van der Waals surface area contributed by atoms with E-state index in [2.05, 4.69) is 0 Å². The summed E-state index contributed by atoms with van der Waals surface area (Å²) in [5.41, 5.74) is -0.306. The van der Waals surface area contributed by atoms with E-state index >= 15 is 0 Å². The van der Waals surface area contributed by atoms with Crippen LogP contribution in [0.15, 0.2) is 0 Å². The van der Waals surface area contributed by atoms with E-state index in [1.807, 2.05) is 0 Å². The van der Waals surface area contributed by atoms with Crippen LogP contribution in [0.2, 0.25) is 0 Å². The van der Waals surface area contributed by atoms with Gasteiger partial charge in [0.15, 0.2) is 6.10 Å². The van der Waals surface area contributed by atoms with E-state index in [1.165, 1.54) is 0 Å². The first-order chi connectivity index (χ1) is 8.30. The van der Waals surface area contributed by atoms with Gasteiger partial charge in [0.05, 0.1) is 13.2 Å². The van der Waals surface area contributed by atoms with Gasteiger partial charge in [0, 0.05) is 12.0 Å². The highest BCUT2D eigenvalue weighted by Gasteiger charge is 2.13. The van der Waals surface area contributed by atoms with E-state index < -0.39 is 12.1 Å². The molecule has 0 aliphatic rings. The number of carboxylic acid groups (broad SMARTS) is 1. The summed E-state index contributed by atoms with van der Waals surface area (Å²) in [6, 6.07) is 0. The van der Waals surface area contributed by atoms with Crippen molar-refractivity contribution in [3.8, 4) is 0 Å². The number of rotatable bonds is 8. The van der Waals surface area contributed by atoms with Crippen molar-refractivity contribution >= 4 is 5.97 Å². The molecule has 110 valence electrons. The minimum atomic E-state index is -1.24. The summed E-state index contributed by atoms with van der Waals surface area (Å²) in [5, 5.41) is 42.2. The van der Waals surface area contributed by atoms with E-state index in [1.54, 1.807) is 13.8 Å². The highest BCUT2D eigenvalue weighted by atomic mass is 16.4. The molecule has 0 bridgehead atoms. The Kier molecular flexibility index (Phi) is 12.4. The molecule has 0 saturated carbocycles. The lowest BCUT2D eigenvalue weighted by atomic mass is 9.97. The second-order valence-corrected chi connectivity index (χ2v) is 4.91. The quantitative estimate of drug-likeness (QED) is 0.394. The Labute approximate surface area is 108 Å². The lowest BCUT2D eigenvalue weighted by Gasteiger charge is -2.16. The minimum Gasteiger partial charge on any atom is -0.479 e. The monoisotopic (exact) mass is 266 g/mol. The molecule has 6 heteroatoms. The molecule has 0 radical (unpaired) electrons. The van der Waals surface area contributed by atoms with Gasteiger partial charge in [-0.1, -0.05) is 26.7 Å². The molecule has 0 heterocycles. The molecule has 0 aliphatic heterocycles. The van der Waals surface area contributed by atoms with Crippen LogP contribution in [0.1, 0.15) is 39.5 Å². The van der Waals surface area contributed by atoms with E-state index in [4.69, 9.17) is 25.5 Å². The van der Waals surface area contributed by atoms with Gasteiger partial charge in [-0.15, -0.1) is 0 Å². The normalized spacial score (nSPS) is 12.6. The number of hydrogen-bond donors (Lipinski definition) is 5. The number of carbonyl (C=O) groups is 1. The number of hydrogen-bond acceptors (Lipinski definition) is 5. The Balaban J connectivity index is 0. The molecular weight excluding hydrogens is 240 g/mol. The number of unbranched alkanes of at least 4 members (excludes halogenated alkanes) is 2. The van der Waals surface area contributed by atoms with Crippen LogP contribution in [0.25, 0.3) is 0 Å². The third kappa shape index (κ3) is 13.4. The van der Waals surface area contributed by atoms with Crippen LogP contribution in [0.3, 0.4) is 0 Å². The van der Waals surface area contributed by atoms with Gasteiger partial charge >= 0.3 is 5.97 Å². The Morgan fingerprint density at radius 2 is 1.56 bits per heavy atom. The van der Waals surface area contributed by atoms with Gasteiger partial charge < -0.3 is 25.5 Å². The number of aliphatic carboxylic acids is 1. The van der Waals surface area contributed by atoms with E-state index in [-0.39, 0.29) is 31.7 Å². The first kappa shape index (κ1) is 19.6. The maximum atomic E-state index is 10.1. The summed E-state index contributed by atoms with van der Waals surface area (Å²) in [4.78, 5) is 10.1. The first-order valence-electron chi connectivity index (χ1n) is 6.04. The number of aliphatic hydroxyl groups excluding tert-OH is 4. The number of aliphatic hydroxyl groups is 4. The SMILES string of the molecule is CC(C)(CO)CO.O=C(O)C(O)CCCCCO. The van der Waals surface area contributed by atoms with E-state index in [0.29, 0.717) is 12.8 Å². The van der Waals surface area contributed by atoms with Crippen molar-refractivity contribution in [1.29, 1.82) is 0 Å². The summed E-state index contributed by atoms with van der Waals surface area (Å²) in [6.45, 7) is 3.82. The second kappa shape index (κ2) is 11.4. The molecule has 18 heavy (non-hydrogen) atoms. The van der Waals surface area contributed by atoms with Gasteiger partial charge in [0.1, 0.15) is 0 Å². The molecule has 0 rings (SSSR count). The van der Waals surface area contributed by atoms with Crippen molar-refractivity contribution < 1.29 is 30.3 Å². The molecule has 5 N–H and O–H groups in total. The zero-order valence-corrected chi connectivity index (χ0v) is 11.2. The largest absolute Gasteiger partial charge is 0.479 e. The molecule has 1 unspecified atom stereocenters. The summed E-state index contributed by atoms with van der Waals surface area (Å²) < 4.78 is 0. The summed E-state index contributed by atoms with van der Waals surface area (Å²) in [6.07, 6.45) is 1.12. The third-order valence-corrected chi connectivity index (χ3v) is 2.28. The first-order valence-corrected chi connectivity index (χ1v) is 6.04. The molecule has 6 nitrogen and oxygen atoms in total. The zero-order chi connectivity index (χ0) is 14.6. The molecule has 0 aromatic rings. The molecule has 0 saturated heterocycles. The average molecular weight is 266 g/mol. The molecule has 0 aromatic heterocycles. The Hall–Kier alpha value is -0.690. The van der Waals surface area contributed by atoms with Crippen molar-refractivity contribution in [2.75, 3.05) is 19.8 Å². The van der Waals surface area contributed by atoms with Gasteiger partial charge in [0.2, 0.25) is 0 Å². The smallest absolute Gasteiger partial charge is 0.332 e. The van der Waals surface area contributed by atoms with Crippen molar-refractivity contribution in [3.63, 3.8) is 0 Å². The predicted octanol–water partition coefficient (Wildman–Crippen LogP) is -0.0182. The van der Waals surface area contributed by atoms with Gasteiger partial charge in [-0.05, 0) is 12.8 Å². The van der Waals surface area contributed by atoms with Crippen LogP contribution < -0.4 is 0 Å². The van der Waals surface area contributed by atoms with Crippen molar-refractivity contribution in [3.05, 3.63) is 0 Å². The van der Waals surface area contributed by atoms with Gasteiger partial charge in [-0.3, -0.25) is 0 Å². The van der Waals surface area contributed by atoms with Crippen LogP contribution >= 0.6 is 0 Å². The van der Waals surface area contributed by atoms with Crippen LogP contribution in [-0.4, -0.2) is 57.4 Å². The maximum Gasteiger partial charge on any atom is 0.332 e. The van der Waals surface area contributed by atoms with Crippen LogP contribution in [-0.2, 0) is 4.79 Å². The van der Waals surface area contributed by atoms with E-state index in [0.717, 1.165) is 6.42 Å². The summed E-state index contributed by atoms with van der Waals surface area (Å²) >= 11 is 0. The highest BCUT2D eigenvalue weighted by Crippen LogP contribution is 2.10. The summed E-state index contributed by atoms with van der Waals surface area (Å²) in [7, 11) is 0. The lowest BCUT2D eigenvalue weighted by molar-refractivity contribution is -0.146. The Morgan fingerprint density at radius 1 is 1.06 bits per heavy atom. The predicted molar refractivity (Wildman–Crippen MR) is 67.1 cm³/mol. The topological polar surface area (TPSA) is 118 Å². The van der Waals surface area contributed by atoms with E-state index in [9.17, 15) is 4.79 Å². The van der Waals surface area contributed by atoms with Gasteiger partial charge in [-0.25, -0.2) is 4.79 Å². The molecule has 0 spiro atoms. The second-order valence-electron chi connectivity index (χ2n) is 4.91. The zero-order valence-electron chi connectivity index (χ0n) is 11.2. The van der Waals surface area contributed by atoms with Crippen LogP contribution in [0, 0.1) is 5.41 Å². The lowest BCUT2D eigenvalue weighted by Crippen LogP contribution is -2.20. The van der Waals surface area contributed by atoms with Crippen molar-refractivity contribution in [1.82, 2.24) is 0 Å². The fraction of sp³-hybridized carbons (Fsp3) is 0.917. The molecule has 0 fully saturated rings. The fourth-order valence-electron chi connectivity index (χ4n) is 0.800. The van der Waals surface area contributed by atoms with Crippen molar-refractivity contribution in [2.45, 2.75) is 45.6 Å². The molecule has 1 atom stereocenters. The Bertz CT molecular complexity index is 199. The Morgan fingerprint density at radius 3 is 1.83 bits per heavy atom. The fourth-order valence-corrected chi connectivity index (χ4v) is 0.800. The molecule has 0 amide bonds. The molecular formula is C12H26O6. The summed E-state index contributed by atoms with van der Waals surface area (Å²) in [5.74, 6) is -1.17. The maximum absolute atomic E-state index is 10.1. The highest BCUT2D eigenvalue weighted by molar-refractivity contribution is 5.71. The third-order valence-electron chi connectivity index (χ3n) is 2.28. The minimum absolute atomic E-state index is 0.0451. The van der Waals surface area contributed by atoms with Gasteiger partial charge in [0.25, 0.3) is 0 Å². The van der Waals surface area contributed by atoms with Crippen LogP contribution in [0.4, 0.5) is 0 Å². The van der Waals surface area contributed by atoms with Crippen molar-refractivity contribution in [2.24, 2.45) is 5.41 Å². The number of carboxylic acids is 1. The molecule has 0 aromatic carbocycles. The van der Waals surface area contributed by atoms with Crippen LogP contribution in [0.5, 0.6) is 0 Å². The average Bonchev–Trinajstić information content (AvgIpc) is 2.35. The van der Waals surface area contributed by atoms with Gasteiger partial charge in [-0.2, -0.15) is 0 Å². The molecule has 0 aliphatic carbocycles. The standard InChI is InChI=1S/C7H14O4.C5H12O2/c8-5-3-1-2-4-6(9)7(10)11;1-5(2,3-6)4-7/h6,8-9H,1-5H2,(H,10,11);6-7H,3-4H2,1-2H3.